The highest BCUT2D eigenvalue weighted by molar-refractivity contribution is 8.27. The number of para-hydroxylation sites is 1. The Morgan fingerprint density at radius 2 is 1.35 bits per heavy atom. The maximum atomic E-state index is 12.8. The monoisotopic (exact) mass is 373 g/mol. The molecule has 3 aromatic carbocycles. The van der Waals surface area contributed by atoms with E-state index in [1.807, 2.05) is 66.7 Å². The van der Waals surface area contributed by atoms with Crippen molar-refractivity contribution < 1.29 is 4.79 Å². The second-order valence-corrected chi connectivity index (χ2v) is 7.52. The second kappa shape index (κ2) is 7.28. The lowest BCUT2D eigenvalue weighted by molar-refractivity contribution is -0.113. The van der Waals surface area contributed by atoms with E-state index in [1.165, 1.54) is 17.3 Å². The average molecular weight is 374 g/mol. The molecule has 2 nitrogen and oxygen atoms in total. The standard InChI is InChI=1S/C22H15NOS2/c24-21-20(26-22(25)23(21)19-9-5-2-6-10-19)15-16-11-13-18(14-12-16)17-7-3-1-4-8-17/h1-15H/b20-15+. The first-order valence-corrected chi connectivity index (χ1v) is 9.43. The van der Waals surface area contributed by atoms with Gasteiger partial charge in [0.1, 0.15) is 0 Å². The van der Waals surface area contributed by atoms with E-state index in [1.54, 1.807) is 4.90 Å². The molecular weight excluding hydrogens is 358 g/mol. The van der Waals surface area contributed by atoms with Crippen LogP contribution in [0.4, 0.5) is 5.69 Å². The fourth-order valence-corrected chi connectivity index (χ4v) is 4.12. The van der Waals surface area contributed by atoms with Crippen molar-refractivity contribution in [3.05, 3.63) is 95.4 Å². The highest BCUT2D eigenvalue weighted by Gasteiger charge is 2.33. The Morgan fingerprint density at radius 1 is 0.769 bits per heavy atom. The van der Waals surface area contributed by atoms with E-state index < -0.39 is 0 Å². The molecule has 1 heterocycles. The number of carbonyl (C=O) groups excluding carboxylic acids is 1. The van der Waals surface area contributed by atoms with Crippen LogP contribution in [-0.4, -0.2) is 10.2 Å². The van der Waals surface area contributed by atoms with Gasteiger partial charge in [-0.05, 0) is 34.9 Å². The number of nitrogens with zero attached hydrogens (tertiary/aromatic N) is 1. The number of benzene rings is 3. The van der Waals surface area contributed by atoms with Crippen molar-refractivity contribution in [1.82, 2.24) is 0 Å². The minimum atomic E-state index is -0.0710. The van der Waals surface area contributed by atoms with E-state index in [-0.39, 0.29) is 5.91 Å². The predicted octanol–water partition coefficient (Wildman–Crippen LogP) is 5.76. The summed E-state index contributed by atoms with van der Waals surface area (Å²) in [5.41, 5.74) is 4.12. The lowest BCUT2D eigenvalue weighted by Crippen LogP contribution is -2.27. The van der Waals surface area contributed by atoms with Crippen LogP contribution in [0.2, 0.25) is 0 Å². The Hall–Kier alpha value is -2.69. The van der Waals surface area contributed by atoms with Crippen molar-refractivity contribution in [2.24, 2.45) is 0 Å². The van der Waals surface area contributed by atoms with Crippen LogP contribution in [0.1, 0.15) is 5.56 Å². The number of rotatable bonds is 3. The predicted molar refractivity (Wildman–Crippen MR) is 114 cm³/mol. The number of thiocarbonyl (C=S) groups is 1. The molecule has 4 rings (SSSR count). The molecule has 0 radical (unpaired) electrons. The summed E-state index contributed by atoms with van der Waals surface area (Å²) >= 11 is 6.75. The molecule has 126 valence electrons. The van der Waals surface area contributed by atoms with Crippen LogP contribution in [0.3, 0.4) is 0 Å². The Morgan fingerprint density at radius 3 is 2.00 bits per heavy atom. The van der Waals surface area contributed by atoms with Crippen molar-refractivity contribution >= 4 is 46.0 Å². The minimum Gasteiger partial charge on any atom is -0.268 e. The van der Waals surface area contributed by atoms with Crippen LogP contribution in [0.15, 0.2) is 89.8 Å². The molecule has 0 N–H and O–H groups in total. The fraction of sp³-hybridized carbons (Fsp3) is 0. The van der Waals surface area contributed by atoms with Gasteiger partial charge in [-0.15, -0.1) is 0 Å². The highest BCUT2D eigenvalue weighted by Crippen LogP contribution is 2.36. The quantitative estimate of drug-likeness (QED) is 0.430. The first kappa shape index (κ1) is 16.8. The summed E-state index contributed by atoms with van der Waals surface area (Å²) in [6, 6.07) is 27.9. The van der Waals surface area contributed by atoms with Gasteiger partial charge in [0, 0.05) is 0 Å². The molecule has 26 heavy (non-hydrogen) atoms. The van der Waals surface area contributed by atoms with Crippen LogP contribution in [0, 0.1) is 0 Å². The molecule has 0 saturated carbocycles. The van der Waals surface area contributed by atoms with Crippen molar-refractivity contribution in [2.45, 2.75) is 0 Å². The topological polar surface area (TPSA) is 20.3 Å². The maximum absolute atomic E-state index is 12.8. The molecule has 1 saturated heterocycles. The number of hydrogen-bond donors (Lipinski definition) is 0. The number of hydrogen-bond acceptors (Lipinski definition) is 3. The van der Waals surface area contributed by atoms with Gasteiger partial charge < -0.3 is 0 Å². The van der Waals surface area contributed by atoms with Gasteiger partial charge in [-0.2, -0.15) is 0 Å². The van der Waals surface area contributed by atoms with E-state index >= 15 is 0 Å². The Balaban J connectivity index is 1.59. The van der Waals surface area contributed by atoms with E-state index in [9.17, 15) is 4.79 Å². The molecule has 0 aromatic heterocycles. The Labute approximate surface area is 162 Å². The summed E-state index contributed by atoms with van der Waals surface area (Å²) in [6.07, 6.45) is 1.90. The van der Waals surface area contributed by atoms with Crippen LogP contribution in [0.25, 0.3) is 17.2 Å². The van der Waals surface area contributed by atoms with Gasteiger partial charge in [-0.25, -0.2) is 0 Å². The second-order valence-electron chi connectivity index (χ2n) is 5.84. The van der Waals surface area contributed by atoms with Gasteiger partial charge in [-0.3, -0.25) is 9.69 Å². The molecule has 0 bridgehead atoms. The largest absolute Gasteiger partial charge is 0.270 e. The number of anilines is 1. The summed E-state index contributed by atoms with van der Waals surface area (Å²) < 4.78 is 0.563. The number of carbonyl (C=O) groups is 1. The van der Waals surface area contributed by atoms with Crippen LogP contribution in [0.5, 0.6) is 0 Å². The van der Waals surface area contributed by atoms with Crippen molar-refractivity contribution in [3.63, 3.8) is 0 Å². The van der Waals surface area contributed by atoms with E-state index in [2.05, 4.69) is 24.3 Å². The van der Waals surface area contributed by atoms with Gasteiger partial charge in [-0.1, -0.05) is 96.8 Å². The molecule has 0 unspecified atom stereocenters. The van der Waals surface area contributed by atoms with E-state index in [0.717, 1.165) is 16.8 Å². The Bertz CT molecular complexity index is 980. The van der Waals surface area contributed by atoms with Crippen molar-refractivity contribution in [1.29, 1.82) is 0 Å². The highest BCUT2D eigenvalue weighted by atomic mass is 32.2. The lowest BCUT2D eigenvalue weighted by Gasteiger charge is -2.13. The van der Waals surface area contributed by atoms with Gasteiger partial charge in [0.2, 0.25) is 0 Å². The summed E-state index contributed by atoms with van der Waals surface area (Å²) in [5, 5.41) is 0. The molecular formula is C22H15NOS2. The SMILES string of the molecule is O=C1/C(=C\c2ccc(-c3ccccc3)cc2)SC(=S)N1c1ccccc1. The van der Waals surface area contributed by atoms with Crippen molar-refractivity contribution in [2.75, 3.05) is 4.90 Å². The van der Waals surface area contributed by atoms with Crippen LogP contribution >= 0.6 is 24.0 Å². The van der Waals surface area contributed by atoms with Gasteiger partial charge in [0.05, 0.1) is 10.6 Å². The zero-order chi connectivity index (χ0) is 17.9. The summed E-state index contributed by atoms with van der Waals surface area (Å²) in [4.78, 5) is 15.0. The van der Waals surface area contributed by atoms with Crippen LogP contribution in [-0.2, 0) is 4.79 Å². The molecule has 1 aliphatic heterocycles. The summed E-state index contributed by atoms with van der Waals surface area (Å²) in [6.45, 7) is 0. The first-order chi connectivity index (χ1) is 12.7. The maximum Gasteiger partial charge on any atom is 0.270 e. The molecule has 1 fully saturated rings. The van der Waals surface area contributed by atoms with Crippen LogP contribution < -0.4 is 4.90 Å². The van der Waals surface area contributed by atoms with E-state index in [4.69, 9.17) is 12.2 Å². The van der Waals surface area contributed by atoms with Gasteiger partial charge in [0.15, 0.2) is 4.32 Å². The normalized spacial score (nSPS) is 15.7. The third kappa shape index (κ3) is 3.34. The zero-order valence-electron chi connectivity index (χ0n) is 13.8. The molecule has 0 aliphatic carbocycles. The zero-order valence-corrected chi connectivity index (χ0v) is 15.5. The van der Waals surface area contributed by atoms with E-state index in [0.29, 0.717) is 9.23 Å². The average Bonchev–Trinajstić information content (AvgIpc) is 2.97. The molecule has 0 spiro atoms. The minimum absolute atomic E-state index is 0.0710. The lowest BCUT2D eigenvalue weighted by atomic mass is 10.0. The third-order valence-electron chi connectivity index (χ3n) is 4.12. The number of amides is 1. The van der Waals surface area contributed by atoms with Crippen molar-refractivity contribution in [3.8, 4) is 11.1 Å². The fourth-order valence-electron chi connectivity index (χ4n) is 2.82. The van der Waals surface area contributed by atoms with Gasteiger partial charge >= 0.3 is 0 Å². The summed E-state index contributed by atoms with van der Waals surface area (Å²) in [7, 11) is 0. The third-order valence-corrected chi connectivity index (χ3v) is 5.43. The molecule has 1 aliphatic rings. The molecule has 1 amide bonds. The molecule has 4 heteroatoms. The number of thioether (sulfide) groups is 1. The Kier molecular flexibility index (Phi) is 4.69. The molecule has 0 atom stereocenters. The smallest absolute Gasteiger partial charge is 0.268 e. The summed E-state index contributed by atoms with van der Waals surface area (Å²) in [5.74, 6) is -0.0710. The van der Waals surface area contributed by atoms with Gasteiger partial charge in [0.25, 0.3) is 5.91 Å². The molecule has 3 aromatic rings. The first-order valence-electron chi connectivity index (χ1n) is 8.21.